The van der Waals surface area contributed by atoms with E-state index in [1.165, 1.54) is 24.3 Å². The second kappa shape index (κ2) is 10.6. The van der Waals surface area contributed by atoms with E-state index >= 15 is 0 Å². The molecular formula is C21H23N3O6S. The summed E-state index contributed by atoms with van der Waals surface area (Å²) in [4.78, 5) is 35.7. The van der Waals surface area contributed by atoms with E-state index in [0.717, 1.165) is 5.75 Å². The number of nitrogens with zero attached hydrogens (tertiary/aromatic N) is 2. The molecule has 2 N–H and O–H groups in total. The number of nitrogens with one attached hydrogen (secondary N) is 1. The normalized spacial score (nSPS) is 16.9. The summed E-state index contributed by atoms with van der Waals surface area (Å²) in [5.74, 6) is -2.83. The molecule has 1 aliphatic rings. The van der Waals surface area contributed by atoms with Crippen LogP contribution in [0.4, 0.5) is 5.69 Å². The van der Waals surface area contributed by atoms with Crippen LogP contribution in [0, 0.1) is 27.4 Å². The van der Waals surface area contributed by atoms with Crippen molar-refractivity contribution in [3.05, 3.63) is 62.5 Å². The Morgan fingerprint density at radius 2 is 2.03 bits per heavy atom. The minimum absolute atomic E-state index is 0.0463. The van der Waals surface area contributed by atoms with Crippen molar-refractivity contribution < 1.29 is 24.4 Å². The number of ether oxygens (including phenoxy) is 1. The maximum Gasteiger partial charge on any atom is 0.336 e. The van der Waals surface area contributed by atoms with Gasteiger partial charge >= 0.3 is 11.9 Å². The van der Waals surface area contributed by atoms with Crippen LogP contribution in [0.25, 0.3) is 0 Å². The number of carbonyl (C=O) groups excluding carboxylic acids is 1. The highest BCUT2D eigenvalue weighted by molar-refractivity contribution is 7.98. The molecule has 0 saturated heterocycles. The molecule has 2 atom stereocenters. The highest BCUT2D eigenvalue weighted by Crippen LogP contribution is 2.39. The lowest BCUT2D eigenvalue weighted by Gasteiger charge is -2.29. The van der Waals surface area contributed by atoms with Gasteiger partial charge in [0.1, 0.15) is 6.61 Å². The molecule has 0 radical (unpaired) electrons. The van der Waals surface area contributed by atoms with Crippen LogP contribution in [0.3, 0.4) is 0 Å². The lowest BCUT2D eigenvalue weighted by Crippen LogP contribution is -2.32. The summed E-state index contributed by atoms with van der Waals surface area (Å²) in [5.41, 5.74) is 0.736. The van der Waals surface area contributed by atoms with E-state index in [1.807, 2.05) is 6.26 Å². The summed E-state index contributed by atoms with van der Waals surface area (Å²) < 4.78 is 5.38. The van der Waals surface area contributed by atoms with Gasteiger partial charge in [-0.2, -0.15) is 17.0 Å². The third-order valence-electron chi connectivity index (χ3n) is 4.89. The zero-order valence-electron chi connectivity index (χ0n) is 17.4. The number of aliphatic carboxylic acids is 1. The predicted octanol–water partition coefficient (Wildman–Crippen LogP) is 3.35. The Morgan fingerprint density at radius 1 is 1.35 bits per heavy atom. The minimum Gasteiger partial charge on any atom is -0.478 e. The van der Waals surface area contributed by atoms with Crippen molar-refractivity contribution in [1.82, 2.24) is 5.32 Å². The zero-order valence-corrected chi connectivity index (χ0v) is 18.2. The van der Waals surface area contributed by atoms with E-state index in [-0.39, 0.29) is 29.0 Å². The monoisotopic (exact) mass is 445 g/mol. The van der Waals surface area contributed by atoms with Crippen molar-refractivity contribution in [2.24, 2.45) is 5.92 Å². The number of hydrogen-bond donors (Lipinski definition) is 2. The summed E-state index contributed by atoms with van der Waals surface area (Å²) in [6.45, 7) is 3.05. The molecule has 0 saturated carbocycles. The molecule has 1 aromatic rings. The van der Waals surface area contributed by atoms with Gasteiger partial charge in [0.2, 0.25) is 0 Å². The molecule has 2 rings (SSSR count). The number of rotatable bonds is 9. The van der Waals surface area contributed by atoms with Crippen molar-refractivity contribution in [2.45, 2.75) is 26.2 Å². The molecule has 0 spiro atoms. The van der Waals surface area contributed by atoms with E-state index in [1.54, 1.807) is 25.6 Å². The third-order valence-corrected chi connectivity index (χ3v) is 5.54. The molecule has 0 aliphatic carbocycles. The van der Waals surface area contributed by atoms with Crippen molar-refractivity contribution in [1.29, 1.82) is 5.26 Å². The predicted molar refractivity (Wildman–Crippen MR) is 115 cm³/mol. The molecule has 10 heteroatoms. The van der Waals surface area contributed by atoms with Gasteiger partial charge in [-0.25, -0.2) is 9.59 Å². The Morgan fingerprint density at radius 3 is 2.61 bits per heavy atom. The first-order chi connectivity index (χ1) is 14.7. The number of carboxylic acid groups (broad SMARTS) is 1. The first-order valence-corrected chi connectivity index (χ1v) is 10.8. The Kier molecular flexibility index (Phi) is 8.22. The van der Waals surface area contributed by atoms with Crippen molar-refractivity contribution in [2.75, 3.05) is 18.6 Å². The first-order valence-electron chi connectivity index (χ1n) is 9.43. The number of hydrogen-bond acceptors (Lipinski definition) is 8. The van der Waals surface area contributed by atoms with Crippen LogP contribution in [-0.4, -0.2) is 40.6 Å². The van der Waals surface area contributed by atoms with Gasteiger partial charge in [-0.3, -0.25) is 10.1 Å². The standard InChI is InChI=1S/C21H23N3O6S/c1-12-17(20(25)26)19(15-5-4-6-16(9-15)24(28)29)18(13(2)23-12)21(27)30-11-14(10-22)7-8-31-3/h4-6,9,14,19,23H,7-8,11H2,1-3H3,(H,25,26). The molecule has 1 heterocycles. The molecule has 9 nitrogen and oxygen atoms in total. The average Bonchev–Trinajstić information content (AvgIpc) is 2.72. The fraction of sp³-hybridized carbons (Fsp3) is 0.381. The van der Waals surface area contributed by atoms with Crippen LogP contribution >= 0.6 is 11.8 Å². The second-order valence-electron chi connectivity index (χ2n) is 7.00. The van der Waals surface area contributed by atoms with Crippen molar-refractivity contribution in [3.8, 4) is 6.07 Å². The zero-order chi connectivity index (χ0) is 23.1. The average molecular weight is 445 g/mol. The lowest BCUT2D eigenvalue weighted by atomic mass is 9.80. The lowest BCUT2D eigenvalue weighted by molar-refractivity contribution is -0.384. The Bertz CT molecular complexity index is 995. The van der Waals surface area contributed by atoms with E-state index in [0.29, 0.717) is 17.8 Å². The van der Waals surface area contributed by atoms with Gasteiger partial charge in [-0.15, -0.1) is 0 Å². The molecule has 0 aromatic heterocycles. The summed E-state index contributed by atoms with van der Waals surface area (Å²) in [6.07, 6.45) is 2.46. The largest absolute Gasteiger partial charge is 0.478 e. The van der Waals surface area contributed by atoms with Crippen LogP contribution in [0.1, 0.15) is 31.7 Å². The number of benzene rings is 1. The van der Waals surface area contributed by atoms with Gasteiger partial charge < -0.3 is 15.2 Å². The molecule has 2 unspecified atom stereocenters. The van der Waals surface area contributed by atoms with Gasteiger partial charge in [0.25, 0.3) is 5.69 Å². The number of esters is 1. The van der Waals surface area contributed by atoms with E-state index in [4.69, 9.17) is 4.74 Å². The molecule has 1 aromatic carbocycles. The molecule has 164 valence electrons. The number of carboxylic acids is 1. The molecule has 31 heavy (non-hydrogen) atoms. The van der Waals surface area contributed by atoms with Crippen LogP contribution in [0.5, 0.6) is 0 Å². The van der Waals surface area contributed by atoms with Gasteiger partial charge in [-0.05, 0) is 37.8 Å². The topological polar surface area (TPSA) is 143 Å². The number of non-ortho nitro benzene ring substituents is 1. The maximum atomic E-state index is 13.0. The summed E-state index contributed by atoms with van der Waals surface area (Å²) in [6, 6.07) is 7.63. The molecule has 0 fully saturated rings. The van der Waals surface area contributed by atoms with Crippen LogP contribution in [0.15, 0.2) is 46.8 Å². The number of dihydropyridines is 1. The smallest absolute Gasteiger partial charge is 0.336 e. The van der Waals surface area contributed by atoms with Crippen molar-refractivity contribution in [3.63, 3.8) is 0 Å². The first kappa shape index (κ1) is 24.0. The number of allylic oxidation sites excluding steroid dienone is 2. The van der Waals surface area contributed by atoms with E-state index in [2.05, 4.69) is 11.4 Å². The SMILES string of the molecule is CSCCC(C#N)COC(=O)C1=C(C)NC(C)=C(C(=O)O)C1c1cccc([N+](=O)[O-])c1. The second-order valence-corrected chi connectivity index (χ2v) is 7.98. The summed E-state index contributed by atoms with van der Waals surface area (Å²) in [7, 11) is 0. The summed E-state index contributed by atoms with van der Waals surface area (Å²) in [5, 5.41) is 33.2. The Hall–Kier alpha value is -3.32. The summed E-state index contributed by atoms with van der Waals surface area (Å²) >= 11 is 1.58. The van der Waals surface area contributed by atoms with Crippen LogP contribution < -0.4 is 5.32 Å². The van der Waals surface area contributed by atoms with Gasteiger partial charge in [-0.1, -0.05) is 12.1 Å². The number of carbonyl (C=O) groups is 2. The number of nitriles is 1. The van der Waals surface area contributed by atoms with Gasteiger partial charge in [0.05, 0.1) is 34.0 Å². The Labute approximate surface area is 183 Å². The van der Waals surface area contributed by atoms with E-state index < -0.39 is 28.7 Å². The van der Waals surface area contributed by atoms with Gasteiger partial charge in [0.15, 0.2) is 0 Å². The number of thioether (sulfide) groups is 1. The highest BCUT2D eigenvalue weighted by Gasteiger charge is 2.38. The van der Waals surface area contributed by atoms with Crippen LogP contribution in [0.2, 0.25) is 0 Å². The van der Waals surface area contributed by atoms with Crippen LogP contribution in [-0.2, 0) is 14.3 Å². The Balaban J connectivity index is 2.45. The highest BCUT2D eigenvalue weighted by atomic mass is 32.2. The minimum atomic E-state index is -1.26. The quantitative estimate of drug-likeness (QED) is 0.332. The van der Waals surface area contributed by atoms with Crippen molar-refractivity contribution >= 4 is 29.4 Å². The molecular weight excluding hydrogens is 422 g/mol. The number of nitro benzene ring substituents is 1. The number of nitro groups is 1. The molecule has 0 amide bonds. The molecule has 0 bridgehead atoms. The fourth-order valence-electron chi connectivity index (χ4n) is 3.40. The third kappa shape index (κ3) is 5.64. The molecule has 1 aliphatic heterocycles. The van der Waals surface area contributed by atoms with E-state index in [9.17, 15) is 30.1 Å². The fourth-order valence-corrected chi connectivity index (χ4v) is 3.92. The van der Waals surface area contributed by atoms with Gasteiger partial charge in [0, 0.05) is 23.5 Å². The maximum absolute atomic E-state index is 13.0.